The minimum Gasteiger partial charge on any atom is -0.544 e. The molecule has 25 heavy (non-hydrogen) atoms. The second-order valence-corrected chi connectivity index (χ2v) is 10.9. The second kappa shape index (κ2) is 8.03. The summed E-state index contributed by atoms with van der Waals surface area (Å²) in [6.07, 6.45) is 3.31. The first kappa shape index (κ1) is 18.8. The summed E-state index contributed by atoms with van der Waals surface area (Å²) in [5, 5.41) is 0. The van der Waals surface area contributed by atoms with Crippen LogP contribution in [0.3, 0.4) is 0 Å². The van der Waals surface area contributed by atoms with Gasteiger partial charge in [0.1, 0.15) is 22.8 Å². The minimum absolute atomic E-state index is 0.151. The molecule has 0 fully saturated rings. The van der Waals surface area contributed by atoms with E-state index in [9.17, 15) is 4.79 Å². The number of ketones is 1. The van der Waals surface area contributed by atoms with Crippen LogP contribution >= 0.6 is 0 Å². The maximum atomic E-state index is 12.8. The molecule has 0 saturated heterocycles. The van der Waals surface area contributed by atoms with Crippen LogP contribution in [-0.2, 0) is 0 Å². The number of hydrogen-bond acceptors (Lipinski definition) is 4. The Bertz CT molecular complexity index is 758. The van der Waals surface area contributed by atoms with Gasteiger partial charge in [-0.25, -0.2) is 0 Å². The molecule has 0 aliphatic rings. The van der Waals surface area contributed by atoms with Gasteiger partial charge in [-0.15, -0.1) is 0 Å². The molecule has 0 amide bonds. The zero-order chi connectivity index (χ0) is 18.4. The van der Waals surface area contributed by atoms with Gasteiger partial charge in [0.2, 0.25) is 8.32 Å². The van der Waals surface area contributed by atoms with Crippen molar-refractivity contribution in [1.82, 2.24) is 0 Å². The molecule has 4 nitrogen and oxygen atoms in total. The van der Waals surface area contributed by atoms with Crippen molar-refractivity contribution in [2.75, 3.05) is 14.2 Å². The molecular formula is C20H24O4Si. The Kier molecular flexibility index (Phi) is 6.04. The summed E-state index contributed by atoms with van der Waals surface area (Å²) in [5.41, 5.74) is 1.37. The summed E-state index contributed by atoms with van der Waals surface area (Å²) < 4.78 is 16.6. The number of allylic oxidation sites excluding steroid dienone is 1. The number of carbonyl (C=O) groups excluding carboxylic acids is 1. The first-order valence-electron chi connectivity index (χ1n) is 8.06. The lowest BCUT2D eigenvalue weighted by Gasteiger charge is -2.22. The monoisotopic (exact) mass is 356 g/mol. The summed E-state index contributed by atoms with van der Waals surface area (Å²) in [6.45, 7) is 6.23. The topological polar surface area (TPSA) is 44.8 Å². The van der Waals surface area contributed by atoms with E-state index in [0.29, 0.717) is 17.1 Å². The normalized spacial score (nSPS) is 11.4. The highest BCUT2D eigenvalue weighted by Crippen LogP contribution is 2.31. The molecule has 0 heterocycles. The molecule has 0 saturated carbocycles. The van der Waals surface area contributed by atoms with E-state index in [1.54, 1.807) is 26.4 Å². The largest absolute Gasteiger partial charge is 0.544 e. The quantitative estimate of drug-likeness (QED) is 0.405. The van der Waals surface area contributed by atoms with E-state index in [2.05, 4.69) is 19.6 Å². The molecule has 0 radical (unpaired) electrons. The fraction of sp³-hybridized carbons (Fsp3) is 0.250. The van der Waals surface area contributed by atoms with Crippen LogP contribution < -0.4 is 13.9 Å². The van der Waals surface area contributed by atoms with Crippen molar-refractivity contribution in [1.29, 1.82) is 0 Å². The molecule has 0 aliphatic heterocycles. The SMILES string of the molecule is COc1ccc(C=CC(=O)c2c(OC)cccc2O[Si](C)(C)C)cc1. The number of ether oxygens (including phenoxy) is 2. The van der Waals surface area contributed by atoms with Crippen LogP contribution in [0.5, 0.6) is 17.2 Å². The maximum Gasteiger partial charge on any atom is 0.242 e. The molecule has 0 aliphatic carbocycles. The van der Waals surface area contributed by atoms with Crippen molar-refractivity contribution >= 4 is 20.2 Å². The van der Waals surface area contributed by atoms with Gasteiger partial charge < -0.3 is 13.9 Å². The van der Waals surface area contributed by atoms with E-state index in [0.717, 1.165) is 11.3 Å². The van der Waals surface area contributed by atoms with Gasteiger partial charge in [-0.1, -0.05) is 24.3 Å². The molecule has 5 heteroatoms. The minimum atomic E-state index is -1.85. The van der Waals surface area contributed by atoms with E-state index in [1.165, 1.54) is 6.08 Å². The number of methoxy groups -OCH3 is 2. The van der Waals surface area contributed by atoms with Gasteiger partial charge >= 0.3 is 0 Å². The number of carbonyl (C=O) groups is 1. The van der Waals surface area contributed by atoms with Crippen molar-refractivity contribution in [2.45, 2.75) is 19.6 Å². The Morgan fingerprint density at radius 3 is 2.12 bits per heavy atom. The highest BCUT2D eigenvalue weighted by molar-refractivity contribution is 6.70. The van der Waals surface area contributed by atoms with Gasteiger partial charge in [0.25, 0.3) is 0 Å². The zero-order valence-electron chi connectivity index (χ0n) is 15.3. The Labute approximate surface area is 150 Å². The molecule has 0 spiro atoms. The van der Waals surface area contributed by atoms with Crippen LogP contribution in [0.4, 0.5) is 0 Å². The Morgan fingerprint density at radius 2 is 1.56 bits per heavy atom. The summed E-state index contributed by atoms with van der Waals surface area (Å²) in [5.74, 6) is 1.71. The van der Waals surface area contributed by atoms with Crippen molar-refractivity contribution in [3.63, 3.8) is 0 Å². The van der Waals surface area contributed by atoms with Gasteiger partial charge in [0.05, 0.1) is 14.2 Å². The fourth-order valence-corrected chi connectivity index (χ4v) is 3.14. The van der Waals surface area contributed by atoms with E-state index in [1.807, 2.05) is 36.4 Å². The standard InChI is InChI=1S/C20H24O4Si/c1-22-16-12-9-15(10-13-16)11-14-17(21)20-18(23-2)7-6-8-19(20)24-25(3,4)5/h6-14H,1-5H3. The second-order valence-electron chi connectivity index (χ2n) is 6.52. The van der Waals surface area contributed by atoms with Crippen LogP contribution in [0.25, 0.3) is 6.08 Å². The van der Waals surface area contributed by atoms with E-state index in [-0.39, 0.29) is 5.78 Å². The van der Waals surface area contributed by atoms with Gasteiger partial charge in [-0.3, -0.25) is 4.79 Å². The highest BCUT2D eigenvalue weighted by Gasteiger charge is 2.22. The molecule has 2 aromatic rings. The average molecular weight is 356 g/mol. The average Bonchev–Trinajstić information content (AvgIpc) is 2.58. The van der Waals surface area contributed by atoms with E-state index in [4.69, 9.17) is 13.9 Å². The lowest BCUT2D eigenvalue weighted by Crippen LogP contribution is -2.30. The Balaban J connectivity index is 2.31. The van der Waals surface area contributed by atoms with Gasteiger partial charge in [0.15, 0.2) is 5.78 Å². The van der Waals surface area contributed by atoms with Crippen LogP contribution in [0, 0.1) is 0 Å². The maximum absolute atomic E-state index is 12.8. The molecule has 0 aromatic heterocycles. The molecule has 132 valence electrons. The number of rotatable bonds is 7. The number of benzene rings is 2. The summed E-state index contributed by atoms with van der Waals surface area (Å²) in [7, 11) is 1.32. The molecular weight excluding hydrogens is 332 g/mol. The smallest absolute Gasteiger partial charge is 0.242 e. The van der Waals surface area contributed by atoms with E-state index < -0.39 is 8.32 Å². The van der Waals surface area contributed by atoms with Gasteiger partial charge in [0, 0.05) is 0 Å². The Hall–Kier alpha value is -2.53. The molecule has 0 atom stereocenters. The van der Waals surface area contributed by atoms with Gasteiger partial charge in [-0.05, 0) is 55.5 Å². The first-order valence-corrected chi connectivity index (χ1v) is 11.5. The summed E-state index contributed by atoms with van der Waals surface area (Å²) in [4.78, 5) is 12.8. The third-order valence-corrected chi connectivity index (χ3v) is 4.25. The molecule has 2 rings (SSSR count). The first-order chi connectivity index (χ1) is 11.8. The molecule has 0 unspecified atom stereocenters. The fourth-order valence-electron chi connectivity index (χ4n) is 2.31. The van der Waals surface area contributed by atoms with Crippen molar-refractivity contribution < 1.29 is 18.7 Å². The van der Waals surface area contributed by atoms with Crippen molar-refractivity contribution in [3.05, 3.63) is 59.7 Å². The van der Waals surface area contributed by atoms with Crippen LogP contribution in [-0.4, -0.2) is 28.3 Å². The molecule has 2 aromatic carbocycles. The predicted molar refractivity (Wildman–Crippen MR) is 103 cm³/mol. The van der Waals surface area contributed by atoms with Crippen LogP contribution in [0.15, 0.2) is 48.5 Å². The summed E-state index contributed by atoms with van der Waals surface area (Å²) in [6, 6.07) is 12.9. The molecule has 0 N–H and O–H groups in total. The highest BCUT2D eigenvalue weighted by atomic mass is 28.4. The third-order valence-electron chi connectivity index (χ3n) is 3.41. The lowest BCUT2D eigenvalue weighted by atomic mass is 10.1. The van der Waals surface area contributed by atoms with Crippen molar-refractivity contribution in [2.24, 2.45) is 0 Å². The number of hydrogen-bond donors (Lipinski definition) is 0. The third kappa shape index (κ3) is 5.22. The zero-order valence-corrected chi connectivity index (χ0v) is 16.3. The molecule has 0 bridgehead atoms. The van der Waals surface area contributed by atoms with Gasteiger partial charge in [-0.2, -0.15) is 0 Å². The lowest BCUT2D eigenvalue weighted by molar-refractivity contribution is 0.104. The predicted octanol–water partition coefficient (Wildman–Crippen LogP) is 4.81. The Morgan fingerprint density at radius 1 is 0.920 bits per heavy atom. The summed E-state index contributed by atoms with van der Waals surface area (Å²) >= 11 is 0. The van der Waals surface area contributed by atoms with Crippen molar-refractivity contribution in [3.8, 4) is 17.2 Å². The van der Waals surface area contributed by atoms with E-state index >= 15 is 0 Å². The van der Waals surface area contributed by atoms with Crippen LogP contribution in [0.2, 0.25) is 19.6 Å². The van der Waals surface area contributed by atoms with Crippen LogP contribution in [0.1, 0.15) is 15.9 Å².